The summed E-state index contributed by atoms with van der Waals surface area (Å²) in [5.41, 5.74) is 0.429. The van der Waals surface area contributed by atoms with Crippen LogP contribution in [0.15, 0.2) is 47.4 Å². The van der Waals surface area contributed by atoms with E-state index in [0.29, 0.717) is 11.4 Å². The molecule has 0 aliphatic carbocycles. The first kappa shape index (κ1) is 21.2. The van der Waals surface area contributed by atoms with Crippen molar-refractivity contribution >= 4 is 27.6 Å². The van der Waals surface area contributed by atoms with Gasteiger partial charge in [-0.3, -0.25) is 4.79 Å². The molecular weight excluding hydrogens is 388 g/mol. The van der Waals surface area contributed by atoms with Crippen molar-refractivity contribution in [1.29, 1.82) is 0 Å². The van der Waals surface area contributed by atoms with Gasteiger partial charge in [0.25, 0.3) is 5.91 Å². The van der Waals surface area contributed by atoms with E-state index in [2.05, 4.69) is 5.32 Å². The van der Waals surface area contributed by atoms with E-state index in [-0.39, 0.29) is 16.2 Å². The molecule has 2 aromatic rings. The number of methoxy groups -OCH3 is 2. The summed E-state index contributed by atoms with van der Waals surface area (Å²) < 4.78 is 38.0. The molecule has 0 aromatic heterocycles. The highest BCUT2D eigenvalue weighted by Gasteiger charge is 2.23. The number of esters is 1. The Balaban J connectivity index is 2.07. The Labute approximate surface area is 162 Å². The van der Waals surface area contributed by atoms with Crippen molar-refractivity contribution in [3.63, 3.8) is 0 Å². The van der Waals surface area contributed by atoms with Crippen LogP contribution >= 0.6 is 0 Å². The number of sulfonamides is 1. The average molecular weight is 408 g/mol. The smallest absolute Gasteiger partial charge is 0.342 e. The lowest BCUT2D eigenvalue weighted by atomic mass is 10.2. The van der Waals surface area contributed by atoms with Gasteiger partial charge in [-0.25, -0.2) is 18.4 Å². The van der Waals surface area contributed by atoms with E-state index in [1.165, 1.54) is 51.5 Å². The number of hydrogen-bond acceptors (Lipinski definition) is 7. The van der Waals surface area contributed by atoms with Crippen molar-refractivity contribution in [1.82, 2.24) is 0 Å². The van der Waals surface area contributed by atoms with Crippen LogP contribution in [0, 0.1) is 0 Å². The van der Waals surface area contributed by atoms with E-state index < -0.39 is 28.0 Å². The Morgan fingerprint density at radius 2 is 1.68 bits per heavy atom. The van der Waals surface area contributed by atoms with E-state index in [0.717, 1.165) is 0 Å². The third-order valence-corrected chi connectivity index (χ3v) is 4.66. The fraction of sp³-hybridized carbons (Fsp3) is 0.222. The second-order valence-electron chi connectivity index (χ2n) is 5.65. The number of nitrogens with two attached hydrogens (primary N) is 1. The van der Waals surface area contributed by atoms with Crippen LogP contribution in [-0.4, -0.2) is 40.6 Å². The molecule has 3 N–H and O–H groups in total. The van der Waals surface area contributed by atoms with Crippen LogP contribution in [0.1, 0.15) is 17.3 Å². The fourth-order valence-electron chi connectivity index (χ4n) is 2.30. The summed E-state index contributed by atoms with van der Waals surface area (Å²) in [6.07, 6.45) is -1.12. The first-order chi connectivity index (χ1) is 13.2. The Morgan fingerprint density at radius 1 is 1.04 bits per heavy atom. The Bertz CT molecular complexity index is 972. The number of carbonyl (C=O) groups excluding carboxylic acids is 2. The van der Waals surface area contributed by atoms with Crippen molar-refractivity contribution in [2.45, 2.75) is 17.9 Å². The van der Waals surface area contributed by atoms with Gasteiger partial charge in [-0.05, 0) is 43.3 Å². The number of rotatable bonds is 7. The van der Waals surface area contributed by atoms with Crippen LogP contribution in [0.5, 0.6) is 11.5 Å². The van der Waals surface area contributed by atoms with Crippen LogP contribution in [-0.2, 0) is 19.6 Å². The van der Waals surface area contributed by atoms with Crippen LogP contribution in [0.2, 0.25) is 0 Å². The first-order valence-electron chi connectivity index (χ1n) is 8.03. The molecule has 10 heteroatoms. The van der Waals surface area contributed by atoms with Gasteiger partial charge < -0.3 is 19.5 Å². The minimum absolute atomic E-state index is 0.0879. The molecule has 28 heavy (non-hydrogen) atoms. The standard InChI is InChI=1S/C18H20N2O7S/c1-11(17(21)20-12-7-9-13(10-8-12)28(19,23)24)27-18(22)14-5-4-6-15(25-2)16(14)26-3/h4-11H,1-3H3,(H,20,21)(H2,19,23,24)/t11-/m1/s1. The van der Waals surface area contributed by atoms with Gasteiger partial charge in [0.15, 0.2) is 17.6 Å². The quantitative estimate of drug-likeness (QED) is 0.664. The molecule has 0 spiro atoms. The second kappa shape index (κ2) is 8.72. The molecule has 0 saturated heterocycles. The summed E-state index contributed by atoms with van der Waals surface area (Å²) >= 11 is 0. The van der Waals surface area contributed by atoms with E-state index in [9.17, 15) is 18.0 Å². The van der Waals surface area contributed by atoms with Gasteiger partial charge in [0.1, 0.15) is 5.56 Å². The lowest BCUT2D eigenvalue weighted by Crippen LogP contribution is -2.30. The summed E-state index contributed by atoms with van der Waals surface area (Å²) in [5.74, 6) is -0.813. The van der Waals surface area contributed by atoms with E-state index >= 15 is 0 Å². The number of primary sulfonamides is 1. The molecule has 9 nitrogen and oxygen atoms in total. The molecule has 0 unspecified atom stereocenters. The van der Waals surface area contributed by atoms with Crippen molar-refractivity contribution < 1.29 is 32.2 Å². The van der Waals surface area contributed by atoms with Crippen LogP contribution < -0.4 is 19.9 Å². The molecule has 2 rings (SSSR count). The summed E-state index contributed by atoms with van der Waals surface area (Å²) in [6, 6.07) is 9.95. The van der Waals surface area contributed by atoms with Gasteiger partial charge in [-0.15, -0.1) is 0 Å². The third-order valence-electron chi connectivity index (χ3n) is 3.73. The summed E-state index contributed by atoms with van der Waals surface area (Å²) in [6.45, 7) is 1.40. The predicted molar refractivity (Wildman–Crippen MR) is 101 cm³/mol. The zero-order chi connectivity index (χ0) is 20.9. The lowest BCUT2D eigenvalue weighted by Gasteiger charge is -2.16. The monoisotopic (exact) mass is 408 g/mol. The zero-order valence-corrected chi connectivity index (χ0v) is 16.3. The minimum atomic E-state index is -3.83. The highest BCUT2D eigenvalue weighted by molar-refractivity contribution is 7.89. The minimum Gasteiger partial charge on any atom is -0.493 e. The maximum absolute atomic E-state index is 12.4. The van der Waals surface area contributed by atoms with Gasteiger partial charge in [0, 0.05) is 5.69 Å². The van der Waals surface area contributed by atoms with Gasteiger partial charge in [0.2, 0.25) is 10.0 Å². The maximum Gasteiger partial charge on any atom is 0.342 e. The zero-order valence-electron chi connectivity index (χ0n) is 15.5. The summed E-state index contributed by atoms with van der Waals surface area (Å²) in [5, 5.41) is 7.54. The summed E-state index contributed by atoms with van der Waals surface area (Å²) in [7, 11) is -1.01. The Kier molecular flexibility index (Phi) is 6.60. The van der Waals surface area contributed by atoms with Gasteiger partial charge >= 0.3 is 5.97 Å². The SMILES string of the molecule is COc1cccc(C(=O)O[C@H](C)C(=O)Nc2ccc(S(N)(=O)=O)cc2)c1OC. The molecule has 0 radical (unpaired) electrons. The molecule has 0 heterocycles. The van der Waals surface area contributed by atoms with Crippen LogP contribution in [0.3, 0.4) is 0 Å². The number of anilines is 1. The van der Waals surface area contributed by atoms with Crippen LogP contribution in [0.4, 0.5) is 5.69 Å². The first-order valence-corrected chi connectivity index (χ1v) is 9.57. The van der Waals surface area contributed by atoms with Crippen molar-refractivity contribution in [3.05, 3.63) is 48.0 Å². The van der Waals surface area contributed by atoms with Crippen molar-refractivity contribution in [2.75, 3.05) is 19.5 Å². The fourth-order valence-corrected chi connectivity index (χ4v) is 2.81. The highest BCUT2D eigenvalue weighted by atomic mass is 32.2. The molecule has 1 amide bonds. The third kappa shape index (κ3) is 4.99. The van der Waals surface area contributed by atoms with Crippen molar-refractivity contribution in [2.24, 2.45) is 5.14 Å². The molecule has 0 aliphatic rings. The molecule has 0 aliphatic heterocycles. The highest BCUT2D eigenvalue weighted by Crippen LogP contribution is 2.31. The van der Waals surface area contributed by atoms with Crippen molar-refractivity contribution in [3.8, 4) is 11.5 Å². The molecular formula is C18H20N2O7S. The number of benzene rings is 2. The lowest BCUT2D eigenvalue weighted by molar-refractivity contribution is -0.123. The Hall–Kier alpha value is -3.11. The number of hydrogen-bond donors (Lipinski definition) is 2. The number of carbonyl (C=O) groups is 2. The molecule has 1 atom stereocenters. The largest absolute Gasteiger partial charge is 0.493 e. The average Bonchev–Trinajstić information content (AvgIpc) is 2.66. The van der Waals surface area contributed by atoms with Gasteiger partial charge in [-0.1, -0.05) is 6.07 Å². The number of nitrogens with one attached hydrogen (secondary N) is 1. The van der Waals surface area contributed by atoms with E-state index in [1.54, 1.807) is 12.1 Å². The van der Waals surface area contributed by atoms with Crippen LogP contribution in [0.25, 0.3) is 0 Å². The molecule has 150 valence electrons. The predicted octanol–water partition coefficient (Wildman–Crippen LogP) is 1.54. The van der Waals surface area contributed by atoms with Gasteiger partial charge in [0.05, 0.1) is 19.1 Å². The maximum atomic E-state index is 12.4. The Morgan fingerprint density at radius 3 is 2.21 bits per heavy atom. The normalized spacial score (nSPS) is 12.0. The molecule has 0 bridgehead atoms. The van der Waals surface area contributed by atoms with E-state index in [1.807, 2.05) is 0 Å². The summed E-state index contributed by atoms with van der Waals surface area (Å²) in [4.78, 5) is 24.6. The molecule has 2 aromatic carbocycles. The molecule has 0 fully saturated rings. The number of ether oxygens (including phenoxy) is 3. The topological polar surface area (TPSA) is 134 Å². The van der Waals surface area contributed by atoms with Gasteiger partial charge in [-0.2, -0.15) is 0 Å². The number of para-hydroxylation sites is 1. The molecule has 0 saturated carbocycles. The number of amides is 1. The second-order valence-corrected chi connectivity index (χ2v) is 7.21. The van der Waals surface area contributed by atoms with E-state index in [4.69, 9.17) is 19.3 Å².